The van der Waals surface area contributed by atoms with Crippen LogP contribution in [0.15, 0.2) is 34.7 Å². The molecule has 7 nitrogen and oxygen atoms in total. The molecule has 1 heterocycles. The van der Waals surface area contributed by atoms with Gasteiger partial charge >= 0.3 is 5.97 Å². The summed E-state index contributed by atoms with van der Waals surface area (Å²) < 4.78 is 10.6. The van der Waals surface area contributed by atoms with E-state index in [2.05, 4.69) is 15.5 Å². The molecule has 0 fully saturated rings. The molecule has 1 aromatic heterocycles. The number of thiazole rings is 1. The van der Waals surface area contributed by atoms with Gasteiger partial charge in [0.2, 0.25) is 5.13 Å². The summed E-state index contributed by atoms with van der Waals surface area (Å²) in [5, 5.41) is 6.51. The smallest absolute Gasteiger partial charge is 0.305 e. The molecule has 0 aliphatic carbocycles. The molecule has 0 bridgehead atoms. The van der Waals surface area contributed by atoms with E-state index in [-0.39, 0.29) is 5.97 Å². The summed E-state index contributed by atoms with van der Waals surface area (Å²) in [4.78, 5) is 15.3. The molecule has 0 aliphatic heterocycles. The van der Waals surface area contributed by atoms with E-state index in [0.717, 1.165) is 24.2 Å². The molecule has 25 heavy (non-hydrogen) atoms. The number of nitrogen functional groups attached to an aromatic ring is 1. The zero-order chi connectivity index (χ0) is 17.9. The Morgan fingerprint density at radius 3 is 3.08 bits per heavy atom. The van der Waals surface area contributed by atoms with Gasteiger partial charge < -0.3 is 15.2 Å². The van der Waals surface area contributed by atoms with Crippen molar-refractivity contribution in [2.45, 2.75) is 26.2 Å². The zero-order valence-corrected chi connectivity index (χ0v) is 14.9. The lowest BCUT2D eigenvalue weighted by atomic mass is 10.2. The zero-order valence-electron chi connectivity index (χ0n) is 14.1. The van der Waals surface area contributed by atoms with Crippen LogP contribution in [0, 0.1) is 0 Å². The second-order valence-corrected chi connectivity index (χ2v) is 5.99. The van der Waals surface area contributed by atoms with Gasteiger partial charge in [0.15, 0.2) is 0 Å². The Morgan fingerprint density at radius 1 is 1.44 bits per heavy atom. The quantitative estimate of drug-likeness (QED) is 0.291. The number of hydrazone groups is 1. The standard InChI is InChI=1S/C17H22N4O3S/c1-2-23-16(22)8-3-4-9-24-14-7-5-6-13(10-14)11-19-21-17-20-15(18)12-25-17/h5-7,10-12H,2-4,8-9,18H2,1H3,(H,20,21). The third kappa shape index (κ3) is 7.21. The lowest BCUT2D eigenvalue weighted by Gasteiger charge is -2.06. The summed E-state index contributed by atoms with van der Waals surface area (Å²) in [6, 6.07) is 7.61. The predicted octanol–water partition coefficient (Wildman–Crippen LogP) is 3.28. The van der Waals surface area contributed by atoms with Crippen LogP contribution >= 0.6 is 11.3 Å². The number of esters is 1. The van der Waals surface area contributed by atoms with Crippen molar-refractivity contribution in [3.8, 4) is 5.75 Å². The first-order valence-corrected chi connectivity index (χ1v) is 8.94. The van der Waals surface area contributed by atoms with E-state index in [4.69, 9.17) is 15.2 Å². The van der Waals surface area contributed by atoms with Crippen LogP contribution in [0.5, 0.6) is 5.75 Å². The third-order valence-corrected chi connectivity index (χ3v) is 3.87. The van der Waals surface area contributed by atoms with Crippen LogP contribution in [-0.2, 0) is 9.53 Å². The number of nitrogens with two attached hydrogens (primary N) is 1. The summed E-state index contributed by atoms with van der Waals surface area (Å²) in [6.07, 6.45) is 3.66. The molecule has 0 radical (unpaired) electrons. The fraction of sp³-hybridized carbons (Fsp3) is 0.353. The highest BCUT2D eigenvalue weighted by Crippen LogP contribution is 2.16. The number of unbranched alkanes of at least 4 members (excludes halogenated alkanes) is 1. The monoisotopic (exact) mass is 362 g/mol. The molecular formula is C17H22N4O3S. The van der Waals surface area contributed by atoms with Crippen molar-refractivity contribution < 1.29 is 14.3 Å². The Bertz CT molecular complexity index is 703. The normalized spacial score (nSPS) is 10.8. The van der Waals surface area contributed by atoms with E-state index in [1.54, 1.807) is 18.5 Å². The largest absolute Gasteiger partial charge is 0.494 e. The Kier molecular flexibility index (Phi) is 7.71. The molecule has 2 aromatic rings. The molecule has 0 saturated heterocycles. The molecule has 0 amide bonds. The maximum atomic E-state index is 11.2. The SMILES string of the molecule is CCOC(=O)CCCCOc1cccc(C=NNc2nc(N)cs2)c1. The number of hydrogen-bond donors (Lipinski definition) is 2. The number of aromatic nitrogens is 1. The third-order valence-electron chi connectivity index (χ3n) is 3.10. The van der Waals surface area contributed by atoms with Crippen molar-refractivity contribution >= 4 is 34.5 Å². The van der Waals surface area contributed by atoms with Gasteiger partial charge in [0.1, 0.15) is 11.6 Å². The number of ether oxygens (including phenoxy) is 2. The lowest BCUT2D eigenvalue weighted by molar-refractivity contribution is -0.143. The van der Waals surface area contributed by atoms with Crippen molar-refractivity contribution in [2.75, 3.05) is 24.4 Å². The Hall–Kier alpha value is -2.61. The number of rotatable bonds is 10. The summed E-state index contributed by atoms with van der Waals surface area (Å²) in [5.74, 6) is 1.08. The van der Waals surface area contributed by atoms with Crippen LogP contribution in [0.25, 0.3) is 0 Å². The molecule has 0 spiro atoms. The van der Waals surface area contributed by atoms with Gasteiger partial charge in [0.05, 0.1) is 19.4 Å². The second-order valence-electron chi connectivity index (χ2n) is 5.13. The van der Waals surface area contributed by atoms with E-state index in [1.807, 2.05) is 24.3 Å². The van der Waals surface area contributed by atoms with E-state index < -0.39 is 0 Å². The number of carbonyl (C=O) groups excluding carboxylic acids is 1. The highest BCUT2D eigenvalue weighted by molar-refractivity contribution is 7.14. The van der Waals surface area contributed by atoms with Gasteiger partial charge in [-0.15, -0.1) is 11.3 Å². The first kappa shape index (κ1) is 18.7. The van der Waals surface area contributed by atoms with Crippen molar-refractivity contribution in [3.63, 3.8) is 0 Å². The molecule has 0 saturated carbocycles. The maximum absolute atomic E-state index is 11.2. The lowest BCUT2D eigenvalue weighted by Crippen LogP contribution is -2.05. The van der Waals surface area contributed by atoms with Crippen molar-refractivity contribution in [3.05, 3.63) is 35.2 Å². The first-order valence-electron chi connectivity index (χ1n) is 8.06. The molecule has 0 aliphatic rings. The van der Waals surface area contributed by atoms with Gasteiger partial charge in [0.25, 0.3) is 0 Å². The maximum Gasteiger partial charge on any atom is 0.305 e. The number of anilines is 2. The molecule has 134 valence electrons. The van der Waals surface area contributed by atoms with Gasteiger partial charge in [0, 0.05) is 11.8 Å². The van der Waals surface area contributed by atoms with E-state index in [0.29, 0.717) is 30.6 Å². The van der Waals surface area contributed by atoms with Gasteiger partial charge in [-0.1, -0.05) is 12.1 Å². The minimum atomic E-state index is -0.157. The van der Waals surface area contributed by atoms with Crippen LogP contribution in [0.1, 0.15) is 31.7 Å². The van der Waals surface area contributed by atoms with Crippen LogP contribution < -0.4 is 15.9 Å². The number of nitrogens with one attached hydrogen (secondary N) is 1. The number of nitrogens with zero attached hydrogens (tertiary/aromatic N) is 2. The van der Waals surface area contributed by atoms with E-state index >= 15 is 0 Å². The molecule has 2 rings (SSSR count). The van der Waals surface area contributed by atoms with Crippen LogP contribution in [-0.4, -0.2) is 30.4 Å². The summed E-state index contributed by atoms with van der Waals surface area (Å²) >= 11 is 1.39. The fourth-order valence-electron chi connectivity index (χ4n) is 1.98. The molecule has 1 aromatic carbocycles. The molecule has 0 atom stereocenters. The Balaban J connectivity index is 1.72. The predicted molar refractivity (Wildman–Crippen MR) is 100 cm³/mol. The molecule has 3 N–H and O–H groups in total. The first-order chi connectivity index (χ1) is 12.2. The number of carbonyl (C=O) groups is 1. The highest BCUT2D eigenvalue weighted by atomic mass is 32.1. The Morgan fingerprint density at radius 2 is 2.32 bits per heavy atom. The van der Waals surface area contributed by atoms with Gasteiger partial charge in [-0.3, -0.25) is 10.2 Å². The molecular weight excluding hydrogens is 340 g/mol. The van der Waals surface area contributed by atoms with E-state index in [9.17, 15) is 4.79 Å². The minimum absolute atomic E-state index is 0.157. The summed E-state index contributed by atoms with van der Waals surface area (Å²) in [7, 11) is 0. The van der Waals surface area contributed by atoms with Crippen LogP contribution in [0.2, 0.25) is 0 Å². The van der Waals surface area contributed by atoms with Crippen molar-refractivity contribution in [2.24, 2.45) is 5.10 Å². The average molecular weight is 362 g/mol. The minimum Gasteiger partial charge on any atom is -0.494 e. The van der Waals surface area contributed by atoms with Gasteiger partial charge in [-0.25, -0.2) is 4.98 Å². The number of hydrogen-bond acceptors (Lipinski definition) is 8. The number of benzene rings is 1. The Labute approximate surface area is 150 Å². The van der Waals surface area contributed by atoms with Gasteiger partial charge in [-0.05, 0) is 37.5 Å². The molecule has 8 heteroatoms. The summed E-state index contributed by atoms with van der Waals surface area (Å²) in [6.45, 7) is 2.78. The average Bonchev–Trinajstić information content (AvgIpc) is 3.00. The molecule has 0 unspecified atom stereocenters. The summed E-state index contributed by atoms with van der Waals surface area (Å²) in [5.41, 5.74) is 9.28. The van der Waals surface area contributed by atoms with Crippen LogP contribution in [0.3, 0.4) is 0 Å². The van der Waals surface area contributed by atoms with E-state index in [1.165, 1.54) is 11.3 Å². The topological polar surface area (TPSA) is 98.8 Å². The van der Waals surface area contributed by atoms with Gasteiger partial charge in [-0.2, -0.15) is 5.10 Å². The second kappa shape index (κ2) is 10.3. The highest BCUT2D eigenvalue weighted by Gasteiger charge is 2.01. The fourth-order valence-corrected chi connectivity index (χ4v) is 2.53. The van der Waals surface area contributed by atoms with Crippen molar-refractivity contribution in [1.82, 2.24) is 4.98 Å². The van der Waals surface area contributed by atoms with Crippen molar-refractivity contribution in [1.29, 1.82) is 0 Å². The van der Waals surface area contributed by atoms with Crippen LogP contribution in [0.4, 0.5) is 10.9 Å².